The van der Waals surface area contributed by atoms with E-state index in [1.54, 1.807) is 15.7 Å². The minimum absolute atomic E-state index is 1.03. The summed E-state index contributed by atoms with van der Waals surface area (Å²) in [7, 11) is 3.27. The van der Waals surface area contributed by atoms with Gasteiger partial charge in [-0.2, -0.15) is 0 Å². The van der Waals surface area contributed by atoms with Crippen molar-refractivity contribution in [2.45, 2.75) is 12.3 Å². The van der Waals surface area contributed by atoms with Crippen LogP contribution in [0.3, 0.4) is 0 Å². The van der Waals surface area contributed by atoms with Crippen molar-refractivity contribution < 1.29 is 0 Å². The summed E-state index contributed by atoms with van der Waals surface area (Å²) < 4.78 is 0. The van der Waals surface area contributed by atoms with E-state index in [1.165, 1.54) is 0 Å². The minimum atomic E-state index is 1.03. The third kappa shape index (κ3) is 0.514. The number of hydrogen-bond acceptors (Lipinski definition) is 0. The van der Waals surface area contributed by atoms with Crippen LogP contribution in [0.25, 0.3) is 0 Å². The molecular weight excluding hydrogens is 86.0 g/mol. The van der Waals surface area contributed by atoms with Gasteiger partial charge >= 0.3 is 0 Å². The normalized spacial score (nSPS) is 43.8. The van der Waals surface area contributed by atoms with Crippen molar-refractivity contribution in [2.75, 3.05) is 0 Å². The Hall–Kier alpha value is 0.600. The SMILES string of the molecule is CC1P=P1. The molecule has 22 valence electrons. The topological polar surface area (TPSA) is 0 Å². The van der Waals surface area contributed by atoms with Gasteiger partial charge in [0.1, 0.15) is 0 Å². The second-order valence-electron chi connectivity index (χ2n) is 0.863. The largest absolute Gasteiger partial charge is 0.0626 e. The first-order chi connectivity index (χ1) is 1.89. The quantitative estimate of drug-likeness (QED) is 0.400. The van der Waals surface area contributed by atoms with E-state index < -0.39 is 0 Å². The minimum Gasteiger partial charge on any atom is -0.0626 e. The Balaban J connectivity index is 2.32. The second kappa shape index (κ2) is 0.776. The lowest BCUT2D eigenvalue weighted by Crippen LogP contribution is -1.48. The summed E-state index contributed by atoms with van der Waals surface area (Å²) in [5, 5.41) is 1.03. The van der Waals surface area contributed by atoms with E-state index in [-0.39, 0.29) is 0 Å². The van der Waals surface area contributed by atoms with Gasteiger partial charge in [0.25, 0.3) is 0 Å². The fourth-order valence-corrected chi connectivity index (χ4v) is 0.600. The average molecular weight is 90.0 g/mol. The maximum absolute atomic E-state index is 2.25. The van der Waals surface area contributed by atoms with Crippen LogP contribution in [0, 0.1) is 0 Å². The summed E-state index contributed by atoms with van der Waals surface area (Å²) in [6, 6.07) is 0. The molecule has 0 aliphatic carbocycles. The van der Waals surface area contributed by atoms with Crippen LogP contribution in [0.4, 0.5) is 0 Å². The molecule has 0 fully saturated rings. The number of rotatable bonds is 0. The molecule has 0 aromatic heterocycles. The number of hydrogen-bond donors (Lipinski definition) is 0. The Morgan fingerprint density at radius 1 is 1.50 bits per heavy atom. The fourth-order valence-electron chi connectivity index (χ4n) is 0.0667. The van der Waals surface area contributed by atoms with Gasteiger partial charge in [-0.25, -0.2) is 0 Å². The lowest BCUT2D eigenvalue weighted by Gasteiger charge is -1.54. The lowest BCUT2D eigenvalue weighted by atomic mass is 11.0. The summed E-state index contributed by atoms with van der Waals surface area (Å²) >= 11 is 0. The predicted octanol–water partition coefficient (Wildman–Crippen LogP) is 2.15. The predicted molar refractivity (Wildman–Crippen MR) is 23.3 cm³/mol. The van der Waals surface area contributed by atoms with E-state index in [0.717, 1.165) is 5.40 Å². The first kappa shape index (κ1) is 2.82. The van der Waals surface area contributed by atoms with Crippen LogP contribution in [0.5, 0.6) is 0 Å². The molecule has 0 aromatic rings. The molecule has 2 heteroatoms. The van der Waals surface area contributed by atoms with Crippen molar-refractivity contribution in [3.05, 3.63) is 0 Å². The first-order valence-electron chi connectivity index (χ1n) is 1.29. The zero-order chi connectivity index (χ0) is 2.99. The van der Waals surface area contributed by atoms with E-state index in [1.807, 2.05) is 0 Å². The molecule has 0 nitrogen and oxygen atoms in total. The highest BCUT2D eigenvalue weighted by Crippen LogP contribution is 2.46. The van der Waals surface area contributed by atoms with Crippen molar-refractivity contribution in [1.82, 2.24) is 0 Å². The second-order valence-corrected chi connectivity index (χ2v) is 4.67. The van der Waals surface area contributed by atoms with Crippen molar-refractivity contribution in [1.29, 1.82) is 0 Å². The van der Waals surface area contributed by atoms with E-state index in [9.17, 15) is 0 Å². The summed E-state index contributed by atoms with van der Waals surface area (Å²) in [4.78, 5) is 0. The van der Waals surface area contributed by atoms with Gasteiger partial charge in [-0.15, -0.1) is 0 Å². The van der Waals surface area contributed by atoms with Gasteiger partial charge in [0.2, 0.25) is 0 Å². The first-order valence-corrected chi connectivity index (χ1v) is 3.93. The zero-order valence-electron chi connectivity index (χ0n) is 2.47. The van der Waals surface area contributed by atoms with E-state index in [4.69, 9.17) is 0 Å². The standard InChI is InChI=1S/C2H4P2/c1-2-3-4-2/h2H,1H3. The summed E-state index contributed by atoms with van der Waals surface area (Å²) in [6.07, 6.45) is 0. The van der Waals surface area contributed by atoms with Gasteiger partial charge in [-0.1, -0.05) is 15.7 Å². The van der Waals surface area contributed by atoms with Crippen LogP contribution < -0.4 is 0 Å². The Kier molecular flexibility index (Phi) is 0.547. The molecule has 0 amide bonds. The van der Waals surface area contributed by atoms with E-state index in [0.29, 0.717) is 0 Å². The van der Waals surface area contributed by atoms with Crippen LogP contribution in [-0.2, 0) is 0 Å². The van der Waals surface area contributed by atoms with Gasteiger partial charge < -0.3 is 0 Å². The fraction of sp³-hybridized carbons (Fsp3) is 1.00. The highest BCUT2D eigenvalue weighted by molar-refractivity contribution is 8.02. The molecule has 0 radical (unpaired) electrons. The van der Waals surface area contributed by atoms with E-state index in [2.05, 4.69) is 6.92 Å². The van der Waals surface area contributed by atoms with Crippen molar-refractivity contribution >= 4 is 15.7 Å². The molecule has 1 rings (SSSR count). The third-order valence-corrected chi connectivity index (χ3v) is 3.12. The van der Waals surface area contributed by atoms with E-state index >= 15 is 0 Å². The highest BCUT2D eigenvalue weighted by Gasteiger charge is 2.01. The molecule has 0 saturated carbocycles. The molecule has 1 heterocycles. The molecule has 0 spiro atoms. The zero-order valence-corrected chi connectivity index (χ0v) is 4.26. The van der Waals surface area contributed by atoms with Crippen LogP contribution in [0.15, 0.2) is 0 Å². The van der Waals surface area contributed by atoms with Gasteiger partial charge in [0, 0.05) is 5.40 Å². The van der Waals surface area contributed by atoms with Gasteiger partial charge in [-0.3, -0.25) is 0 Å². The molecule has 0 aromatic carbocycles. The molecule has 0 atom stereocenters. The molecule has 0 bridgehead atoms. The van der Waals surface area contributed by atoms with Gasteiger partial charge in [-0.05, 0) is 6.92 Å². The third-order valence-electron chi connectivity index (χ3n) is 0.346. The Labute approximate surface area is 29.0 Å². The monoisotopic (exact) mass is 90.0 g/mol. The lowest BCUT2D eigenvalue weighted by molar-refractivity contribution is 1.45. The van der Waals surface area contributed by atoms with Crippen molar-refractivity contribution in [3.8, 4) is 0 Å². The Morgan fingerprint density at radius 2 is 1.75 bits per heavy atom. The van der Waals surface area contributed by atoms with Crippen molar-refractivity contribution in [3.63, 3.8) is 0 Å². The van der Waals surface area contributed by atoms with Crippen molar-refractivity contribution in [2.24, 2.45) is 0 Å². The summed E-state index contributed by atoms with van der Waals surface area (Å²) in [5.74, 6) is 0. The molecule has 0 unspecified atom stereocenters. The summed E-state index contributed by atoms with van der Waals surface area (Å²) in [6.45, 7) is 2.25. The van der Waals surface area contributed by atoms with Gasteiger partial charge in [0.15, 0.2) is 0 Å². The van der Waals surface area contributed by atoms with Crippen LogP contribution in [-0.4, -0.2) is 5.40 Å². The van der Waals surface area contributed by atoms with Crippen LogP contribution in [0.1, 0.15) is 6.92 Å². The summed E-state index contributed by atoms with van der Waals surface area (Å²) in [5.41, 5.74) is 0. The molecule has 0 saturated heterocycles. The molecule has 0 N–H and O–H groups in total. The highest BCUT2D eigenvalue weighted by atomic mass is 31.8. The molecule has 1 aliphatic rings. The smallest absolute Gasteiger partial charge is 0.0480 e. The molecule has 1 aliphatic heterocycles. The van der Waals surface area contributed by atoms with Gasteiger partial charge in [0.05, 0.1) is 0 Å². The molecular formula is C2H4P2. The maximum Gasteiger partial charge on any atom is 0.0480 e. The molecule has 4 heavy (non-hydrogen) atoms. The Bertz CT molecular complexity index is 42.0. The maximum atomic E-state index is 2.25. The average Bonchev–Trinajstić information content (AvgIpc) is 1.75. The van der Waals surface area contributed by atoms with Crippen LogP contribution in [0.2, 0.25) is 0 Å². The van der Waals surface area contributed by atoms with Crippen LogP contribution >= 0.6 is 15.7 Å². The Morgan fingerprint density at radius 3 is 1.75 bits per heavy atom.